The van der Waals surface area contributed by atoms with Crippen molar-refractivity contribution in [1.29, 1.82) is 0 Å². The van der Waals surface area contributed by atoms with Crippen LogP contribution in [0.2, 0.25) is 0 Å². The topological polar surface area (TPSA) is 32.9 Å². The predicted octanol–water partition coefficient (Wildman–Crippen LogP) is 0.0372. The number of H-pyrrole nitrogens is 1. The second-order valence-electron chi connectivity index (χ2n) is 1.87. The molecule has 3 heteroatoms. The van der Waals surface area contributed by atoms with Crippen molar-refractivity contribution in [1.82, 2.24) is 4.98 Å². The van der Waals surface area contributed by atoms with Crippen LogP contribution in [0.5, 0.6) is 0 Å². The maximum Gasteiger partial charge on any atom is 0.305 e. The molecular weight excluding hydrogens is 146 g/mol. The Bertz CT molecular complexity index is 337. The SMILES string of the molecule is CC=c1[nH]c(=O)sc1=CC. The van der Waals surface area contributed by atoms with Gasteiger partial charge in [-0.15, -0.1) is 0 Å². The fraction of sp³-hybridized carbons (Fsp3) is 0.286. The lowest BCUT2D eigenvalue weighted by molar-refractivity contribution is 1.25. The maximum atomic E-state index is 10.8. The van der Waals surface area contributed by atoms with Crippen molar-refractivity contribution in [2.45, 2.75) is 13.8 Å². The van der Waals surface area contributed by atoms with Gasteiger partial charge in [-0.05, 0) is 13.8 Å². The molecule has 1 N–H and O–H groups in total. The van der Waals surface area contributed by atoms with Crippen LogP contribution < -0.4 is 14.8 Å². The third-order valence-corrected chi connectivity index (χ3v) is 2.22. The number of aromatic amines is 1. The molecule has 0 aliphatic rings. The molecule has 0 spiro atoms. The summed E-state index contributed by atoms with van der Waals surface area (Å²) in [5.74, 6) is 0. The van der Waals surface area contributed by atoms with Crippen LogP contribution in [0.3, 0.4) is 0 Å². The van der Waals surface area contributed by atoms with Gasteiger partial charge in [0.15, 0.2) is 0 Å². The van der Waals surface area contributed by atoms with E-state index in [1.54, 1.807) is 0 Å². The summed E-state index contributed by atoms with van der Waals surface area (Å²) < 4.78 is 1.02. The second-order valence-corrected chi connectivity index (χ2v) is 2.88. The average Bonchev–Trinajstić information content (AvgIpc) is 2.30. The highest BCUT2D eigenvalue weighted by atomic mass is 32.1. The zero-order chi connectivity index (χ0) is 7.56. The van der Waals surface area contributed by atoms with Crippen LogP contribution in [0.1, 0.15) is 13.8 Å². The molecule has 54 valence electrons. The van der Waals surface area contributed by atoms with Crippen LogP contribution in [0, 0.1) is 0 Å². The minimum atomic E-state index is 0.0150. The molecule has 0 aromatic carbocycles. The van der Waals surface area contributed by atoms with E-state index in [0.717, 1.165) is 9.88 Å². The van der Waals surface area contributed by atoms with Crippen molar-refractivity contribution in [3.8, 4) is 0 Å². The monoisotopic (exact) mass is 155 g/mol. The largest absolute Gasteiger partial charge is 0.313 e. The third-order valence-electron chi connectivity index (χ3n) is 1.26. The highest BCUT2D eigenvalue weighted by Crippen LogP contribution is 1.66. The van der Waals surface area contributed by atoms with E-state index in [-0.39, 0.29) is 4.87 Å². The minimum Gasteiger partial charge on any atom is -0.313 e. The van der Waals surface area contributed by atoms with Gasteiger partial charge >= 0.3 is 4.87 Å². The number of thiazole rings is 1. The molecule has 0 bridgehead atoms. The van der Waals surface area contributed by atoms with Crippen LogP contribution in [0.15, 0.2) is 4.79 Å². The Hall–Kier alpha value is -0.830. The van der Waals surface area contributed by atoms with Crippen molar-refractivity contribution >= 4 is 23.5 Å². The number of hydrogen-bond acceptors (Lipinski definition) is 2. The quantitative estimate of drug-likeness (QED) is 0.563. The zero-order valence-electron chi connectivity index (χ0n) is 5.97. The molecule has 1 aromatic heterocycles. The minimum absolute atomic E-state index is 0.0150. The average molecular weight is 155 g/mol. The van der Waals surface area contributed by atoms with Gasteiger partial charge in [-0.1, -0.05) is 23.5 Å². The highest BCUT2D eigenvalue weighted by Gasteiger charge is 1.87. The molecule has 0 aliphatic carbocycles. The van der Waals surface area contributed by atoms with E-state index < -0.39 is 0 Å². The molecule has 0 atom stereocenters. The Kier molecular flexibility index (Phi) is 2.06. The lowest BCUT2D eigenvalue weighted by Crippen LogP contribution is -2.20. The molecule has 0 amide bonds. The van der Waals surface area contributed by atoms with E-state index in [2.05, 4.69) is 4.98 Å². The smallest absolute Gasteiger partial charge is 0.305 e. The van der Waals surface area contributed by atoms with E-state index >= 15 is 0 Å². The van der Waals surface area contributed by atoms with Crippen molar-refractivity contribution in [2.75, 3.05) is 0 Å². The number of nitrogens with one attached hydrogen (secondary N) is 1. The summed E-state index contributed by atoms with van der Waals surface area (Å²) in [6.07, 6.45) is 3.82. The lowest BCUT2D eigenvalue weighted by Gasteiger charge is -1.70. The van der Waals surface area contributed by atoms with Crippen molar-refractivity contribution in [3.05, 3.63) is 19.5 Å². The van der Waals surface area contributed by atoms with Crippen LogP contribution in [-0.2, 0) is 0 Å². The second kappa shape index (κ2) is 2.84. The molecule has 1 aromatic rings. The molecule has 0 unspecified atom stereocenters. The van der Waals surface area contributed by atoms with Crippen LogP contribution in [-0.4, -0.2) is 4.98 Å². The highest BCUT2D eigenvalue weighted by molar-refractivity contribution is 7.07. The van der Waals surface area contributed by atoms with Gasteiger partial charge in [-0.3, -0.25) is 4.79 Å². The molecule has 0 fully saturated rings. The van der Waals surface area contributed by atoms with Crippen LogP contribution >= 0.6 is 11.3 Å². The molecule has 0 aliphatic heterocycles. The summed E-state index contributed by atoms with van der Waals surface area (Å²) in [4.78, 5) is 13.5. The molecular formula is C7H9NOS. The molecule has 0 radical (unpaired) electrons. The Morgan fingerprint density at radius 1 is 1.40 bits per heavy atom. The molecule has 0 saturated heterocycles. The Labute approximate surface area is 62.5 Å². The van der Waals surface area contributed by atoms with E-state index in [4.69, 9.17) is 0 Å². The van der Waals surface area contributed by atoms with Crippen LogP contribution in [0.25, 0.3) is 12.2 Å². The summed E-state index contributed by atoms with van der Waals surface area (Å²) in [6, 6.07) is 0. The summed E-state index contributed by atoms with van der Waals surface area (Å²) in [5.41, 5.74) is 0. The van der Waals surface area contributed by atoms with Crippen molar-refractivity contribution < 1.29 is 0 Å². The first kappa shape index (κ1) is 7.28. The molecule has 1 rings (SSSR count). The van der Waals surface area contributed by atoms with Gasteiger partial charge in [0, 0.05) is 0 Å². The van der Waals surface area contributed by atoms with E-state index in [0.29, 0.717) is 0 Å². The first-order valence-corrected chi connectivity index (χ1v) is 3.91. The van der Waals surface area contributed by atoms with Gasteiger partial charge < -0.3 is 4.98 Å². The first-order chi connectivity index (χ1) is 4.77. The molecule has 0 saturated carbocycles. The van der Waals surface area contributed by atoms with Crippen molar-refractivity contribution in [3.63, 3.8) is 0 Å². The van der Waals surface area contributed by atoms with Crippen LogP contribution in [0.4, 0.5) is 0 Å². The third kappa shape index (κ3) is 1.19. The van der Waals surface area contributed by atoms with Crippen molar-refractivity contribution in [2.24, 2.45) is 0 Å². The van der Waals surface area contributed by atoms with Gasteiger partial charge in [0.05, 0.1) is 9.88 Å². The van der Waals surface area contributed by atoms with Gasteiger partial charge in [-0.2, -0.15) is 0 Å². The van der Waals surface area contributed by atoms with Gasteiger partial charge in [0.2, 0.25) is 0 Å². The fourth-order valence-corrected chi connectivity index (χ4v) is 1.54. The first-order valence-electron chi connectivity index (χ1n) is 3.09. The van der Waals surface area contributed by atoms with Gasteiger partial charge in [-0.25, -0.2) is 0 Å². The maximum absolute atomic E-state index is 10.8. The van der Waals surface area contributed by atoms with Gasteiger partial charge in [0.1, 0.15) is 0 Å². The number of rotatable bonds is 0. The predicted molar refractivity (Wildman–Crippen MR) is 44.5 cm³/mol. The number of hydrogen-bond donors (Lipinski definition) is 1. The van der Waals surface area contributed by atoms with Gasteiger partial charge in [0.25, 0.3) is 0 Å². The summed E-state index contributed by atoms with van der Waals surface area (Å²) in [6.45, 7) is 3.83. The molecule has 2 nitrogen and oxygen atoms in total. The summed E-state index contributed by atoms with van der Waals surface area (Å²) in [5, 5.41) is 0.928. The fourth-order valence-electron chi connectivity index (χ4n) is 0.781. The van der Waals surface area contributed by atoms with E-state index in [1.165, 1.54) is 11.3 Å². The lowest BCUT2D eigenvalue weighted by atomic mass is 10.5. The zero-order valence-corrected chi connectivity index (χ0v) is 6.79. The Morgan fingerprint density at radius 2 is 2.10 bits per heavy atom. The van der Waals surface area contributed by atoms with E-state index in [1.807, 2.05) is 26.0 Å². The Morgan fingerprint density at radius 3 is 2.50 bits per heavy atom. The summed E-state index contributed by atoms with van der Waals surface area (Å²) in [7, 11) is 0. The van der Waals surface area contributed by atoms with E-state index in [9.17, 15) is 4.79 Å². The standard InChI is InChI=1S/C7H9NOS/c1-3-5-6(4-2)10-7(9)8-5/h3-4H,1-2H3,(H,8,9). The molecule has 10 heavy (non-hydrogen) atoms. The Balaban J connectivity index is 3.69. The normalized spacial score (nSPS) is 14.6. The molecule has 1 heterocycles. The number of aromatic nitrogens is 1. The summed E-state index contributed by atoms with van der Waals surface area (Å²) >= 11 is 1.24.